The third-order valence-corrected chi connectivity index (χ3v) is 1.46. The summed E-state index contributed by atoms with van der Waals surface area (Å²) >= 11 is 5.48. The minimum atomic E-state index is 0.714. The Hall–Kier alpha value is -0.310. The average Bonchev–Trinajstić information content (AvgIpc) is 2.34. The van der Waals surface area contributed by atoms with Gasteiger partial charge in [0.15, 0.2) is 0 Å². The van der Waals surface area contributed by atoms with E-state index >= 15 is 0 Å². The average molecular weight is 148 g/mol. The molecule has 9 heavy (non-hydrogen) atoms. The van der Waals surface area contributed by atoms with Crippen molar-refractivity contribution in [2.45, 2.75) is 6.42 Å². The van der Waals surface area contributed by atoms with E-state index in [-0.39, 0.29) is 0 Å². The van der Waals surface area contributed by atoms with E-state index < -0.39 is 0 Å². The van der Waals surface area contributed by atoms with Crippen molar-refractivity contribution in [2.75, 3.05) is 25.5 Å². The molecule has 0 amide bonds. The van der Waals surface area contributed by atoms with Gasteiger partial charge in [-0.15, -0.1) is 11.6 Å². The van der Waals surface area contributed by atoms with Gasteiger partial charge in [-0.1, -0.05) is 5.22 Å². The van der Waals surface area contributed by atoms with Gasteiger partial charge in [0.2, 0.25) is 0 Å². The lowest BCUT2D eigenvalue weighted by Crippen LogP contribution is -2.16. The Morgan fingerprint density at radius 1 is 1.56 bits per heavy atom. The molecular weight excluding hydrogens is 138 g/mol. The fraction of sp³-hybridized carbons (Fsp3) is 1.00. The Morgan fingerprint density at radius 3 is 3.00 bits per heavy atom. The number of alkyl halides is 1. The molecule has 0 saturated heterocycles. The van der Waals surface area contributed by atoms with Crippen LogP contribution >= 0.6 is 11.6 Å². The van der Waals surface area contributed by atoms with Crippen molar-refractivity contribution < 1.29 is 0 Å². The number of nitrogens with zero attached hydrogens (tertiary/aromatic N) is 3. The summed E-state index contributed by atoms with van der Waals surface area (Å²) in [6.45, 7) is 2.77. The van der Waals surface area contributed by atoms with Gasteiger partial charge < -0.3 is 0 Å². The van der Waals surface area contributed by atoms with E-state index in [0.717, 1.165) is 26.1 Å². The highest BCUT2D eigenvalue weighted by atomic mass is 35.5. The van der Waals surface area contributed by atoms with Crippen molar-refractivity contribution in [2.24, 2.45) is 10.3 Å². The van der Waals surface area contributed by atoms with Crippen molar-refractivity contribution in [1.82, 2.24) is 5.01 Å². The Kier molecular flexibility index (Phi) is 2.77. The van der Waals surface area contributed by atoms with Gasteiger partial charge in [0, 0.05) is 12.4 Å². The van der Waals surface area contributed by atoms with E-state index in [1.54, 1.807) is 0 Å². The maximum absolute atomic E-state index is 5.48. The van der Waals surface area contributed by atoms with Crippen LogP contribution in [0.2, 0.25) is 0 Å². The minimum Gasteiger partial charge on any atom is -0.277 e. The SMILES string of the molecule is ClCCCN1CCN=N1. The molecule has 1 rings (SSSR count). The lowest BCUT2D eigenvalue weighted by molar-refractivity contribution is 0.320. The summed E-state index contributed by atoms with van der Waals surface area (Å²) in [4.78, 5) is 0. The van der Waals surface area contributed by atoms with Crippen LogP contribution in [0, 0.1) is 0 Å². The summed E-state index contributed by atoms with van der Waals surface area (Å²) in [5, 5.41) is 9.65. The lowest BCUT2D eigenvalue weighted by atomic mass is 10.4. The van der Waals surface area contributed by atoms with Crippen LogP contribution in [-0.4, -0.2) is 30.5 Å². The quantitative estimate of drug-likeness (QED) is 0.553. The summed E-state index contributed by atoms with van der Waals surface area (Å²) in [6.07, 6.45) is 1.00. The second kappa shape index (κ2) is 3.67. The maximum atomic E-state index is 5.48. The Labute approximate surface area is 59.7 Å². The molecule has 0 spiro atoms. The van der Waals surface area contributed by atoms with Gasteiger partial charge in [0.25, 0.3) is 0 Å². The smallest absolute Gasteiger partial charge is 0.0813 e. The molecular formula is C5H10ClN3. The van der Waals surface area contributed by atoms with Gasteiger partial charge in [-0.05, 0) is 6.42 Å². The number of hydrogen-bond acceptors (Lipinski definition) is 3. The largest absolute Gasteiger partial charge is 0.277 e. The molecule has 0 atom stereocenters. The molecule has 0 aliphatic carbocycles. The number of hydrogen-bond donors (Lipinski definition) is 0. The van der Waals surface area contributed by atoms with Gasteiger partial charge in [-0.3, -0.25) is 5.01 Å². The molecule has 0 fully saturated rings. The first-order valence-electron chi connectivity index (χ1n) is 3.12. The van der Waals surface area contributed by atoms with Crippen LogP contribution in [0.1, 0.15) is 6.42 Å². The highest BCUT2D eigenvalue weighted by Crippen LogP contribution is 2.00. The predicted molar refractivity (Wildman–Crippen MR) is 36.6 cm³/mol. The predicted octanol–water partition coefficient (Wildman–Crippen LogP) is 1.30. The van der Waals surface area contributed by atoms with E-state index in [4.69, 9.17) is 11.6 Å². The number of halogens is 1. The summed E-state index contributed by atoms with van der Waals surface area (Å²) in [5.74, 6) is 0.714. The summed E-state index contributed by atoms with van der Waals surface area (Å²) < 4.78 is 0. The van der Waals surface area contributed by atoms with E-state index in [2.05, 4.69) is 10.3 Å². The van der Waals surface area contributed by atoms with Crippen LogP contribution in [-0.2, 0) is 0 Å². The molecule has 0 saturated carbocycles. The Balaban J connectivity index is 2.05. The fourth-order valence-electron chi connectivity index (χ4n) is 0.738. The Bertz CT molecular complexity index is 104. The molecule has 52 valence electrons. The van der Waals surface area contributed by atoms with Crippen molar-refractivity contribution in [3.8, 4) is 0 Å². The third-order valence-electron chi connectivity index (χ3n) is 1.20. The first-order chi connectivity index (χ1) is 4.43. The first-order valence-corrected chi connectivity index (χ1v) is 3.65. The maximum Gasteiger partial charge on any atom is 0.0813 e. The highest BCUT2D eigenvalue weighted by molar-refractivity contribution is 6.17. The lowest BCUT2D eigenvalue weighted by Gasteiger charge is -2.08. The van der Waals surface area contributed by atoms with Gasteiger partial charge in [-0.2, -0.15) is 5.11 Å². The molecule has 1 aliphatic rings. The van der Waals surface area contributed by atoms with Crippen LogP contribution in [0.3, 0.4) is 0 Å². The zero-order valence-electron chi connectivity index (χ0n) is 5.26. The van der Waals surface area contributed by atoms with Gasteiger partial charge in [-0.25, -0.2) is 0 Å². The van der Waals surface area contributed by atoms with E-state index in [9.17, 15) is 0 Å². The monoisotopic (exact) mass is 147 g/mol. The topological polar surface area (TPSA) is 28.0 Å². The fourth-order valence-corrected chi connectivity index (χ4v) is 0.857. The molecule has 3 nitrogen and oxygen atoms in total. The van der Waals surface area contributed by atoms with Crippen molar-refractivity contribution >= 4 is 11.6 Å². The van der Waals surface area contributed by atoms with Gasteiger partial charge in [0.1, 0.15) is 0 Å². The van der Waals surface area contributed by atoms with Gasteiger partial charge >= 0.3 is 0 Å². The zero-order chi connectivity index (χ0) is 6.53. The molecule has 0 N–H and O–H groups in total. The van der Waals surface area contributed by atoms with Crippen molar-refractivity contribution in [3.05, 3.63) is 0 Å². The molecule has 0 aromatic rings. The number of rotatable bonds is 3. The van der Waals surface area contributed by atoms with Crippen LogP contribution < -0.4 is 0 Å². The molecule has 1 aliphatic heterocycles. The van der Waals surface area contributed by atoms with Crippen molar-refractivity contribution in [1.29, 1.82) is 0 Å². The molecule has 4 heteroatoms. The Morgan fingerprint density at radius 2 is 2.44 bits per heavy atom. The van der Waals surface area contributed by atoms with Crippen LogP contribution in [0.4, 0.5) is 0 Å². The molecule has 0 unspecified atom stereocenters. The molecule has 0 radical (unpaired) electrons. The second-order valence-electron chi connectivity index (χ2n) is 1.95. The summed E-state index contributed by atoms with van der Waals surface area (Å²) in [6, 6.07) is 0. The highest BCUT2D eigenvalue weighted by Gasteiger charge is 2.04. The molecule has 0 aromatic carbocycles. The third kappa shape index (κ3) is 2.18. The standard InChI is InChI=1S/C5H10ClN3/c6-2-1-4-9-5-3-7-8-9/h1-5H2. The summed E-state index contributed by atoms with van der Waals surface area (Å²) in [7, 11) is 0. The zero-order valence-corrected chi connectivity index (χ0v) is 6.01. The summed E-state index contributed by atoms with van der Waals surface area (Å²) in [5.41, 5.74) is 0. The first kappa shape index (κ1) is 6.81. The normalized spacial score (nSPS) is 17.2. The van der Waals surface area contributed by atoms with Crippen LogP contribution in [0.5, 0.6) is 0 Å². The van der Waals surface area contributed by atoms with E-state index in [0.29, 0.717) is 5.88 Å². The van der Waals surface area contributed by atoms with Gasteiger partial charge in [0.05, 0.1) is 13.1 Å². The van der Waals surface area contributed by atoms with Crippen LogP contribution in [0.25, 0.3) is 0 Å². The van der Waals surface area contributed by atoms with E-state index in [1.165, 1.54) is 0 Å². The van der Waals surface area contributed by atoms with Crippen LogP contribution in [0.15, 0.2) is 10.3 Å². The second-order valence-corrected chi connectivity index (χ2v) is 2.33. The molecule has 0 aromatic heterocycles. The molecule has 1 heterocycles. The minimum absolute atomic E-state index is 0.714. The molecule has 0 bridgehead atoms. The van der Waals surface area contributed by atoms with Crippen molar-refractivity contribution in [3.63, 3.8) is 0 Å². The van der Waals surface area contributed by atoms with E-state index in [1.807, 2.05) is 5.01 Å².